The Hall–Kier alpha value is -1.84. The molecule has 26 heavy (non-hydrogen) atoms. The van der Waals surface area contributed by atoms with Gasteiger partial charge in [0.25, 0.3) is 0 Å². The predicted octanol–water partition coefficient (Wildman–Crippen LogP) is 4.92. The Kier molecular flexibility index (Phi) is 3.67. The highest BCUT2D eigenvalue weighted by molar-refractivity contribution is 6.35. The molecular weight excluding hydrogens is 369 g/mol. The Morgan fingerprint density at radius 3 is 2.19 bits per heavy atom. The molecular formula is C21H17Cl2NO2. The van der Waals surface area contributed by atoms with Crippen molar-refractivity contribution in [3.05, 3.63) is 64.1 Å². The maximum Gasteiger partial charge on any atom is 0.237 e. The van der Waals surface area contributed by atoms with E-state index < -0.39 is 0 Å². The minimum atomic E-state index is -0.218. The lowest BCUT2D eigenvalue weighted by atomic mass is 9.73. The highest BCUT2D eigenvalue weighted by Gasteiger charge is 2.64. The van der Waals surface area contributed by atoms with E-state index in [1.54, 1.807) is 18.2 Å². The summed E-state index contributed by atoms with van der Waals surface area (Å²) in [4.78, 5) is 27.6. The molecule has 0 spiro atoms. The van der Waals surface area contributed by atoms with Crippen LogP contribution in [0.4, 0.5) is 5.69 Å². The number of rotatable bonds is 2. The molecule has 2 amide bonds. The molecule has 1 heterocycles. The highest BCUT2D eigenvalue weighted by Crippen LogP contribution is 2.61. The normalized spacial score (nSPS) is 32.4. The van der Waals surface area contributed by atoms with Crippen molar-refractivity contribution in [3.63, 3.8) is 0 Å². The van der Waals surface area contributed by atoms with E-state index in [4.69, 9.17) is 23.2 Å². The van der Waals surface area contributed by atoms with Crippen LogP contribution in [0.15, 0.2) is 48.5 Å². The van der Waals surface area contributed by atoms with Gasteiger partial charge in [-0.3, -0.25) is 9.59 Å². The molecule has 3 nitrogen and oxygen atoms in total. The predicted molar refractivity (Wildman–Crippen MR) is 101 cm³/mol. The first-order chi connectivity index (χ1) is 12.5. The molecule has 5 heteroatoms. The third-order valence-corrected chi connectivity index (χ3v) is 6.79. The Morgan fingerprint density at radius 1 is 0.846 bits per heavy atom. The fraction of sp³-hybridized carbons (Fsp3) is 0.333. The van der Waals surface area contributed by atoms with Gasteiger partial charge in [0.2, 0.25) is 11.8 Å². The van der Waals surface area contributed by atoms with E-state index in [1.807, 2.05) is 18.2 Å². The number of carbonyl (C=O) groups excluding carboxylic acids is 2. The molecule has 132 valence electrons. The van der Waals surface area contributed by atoms with Crippen molar-refractivity contribution in [2.75, 3.05) is 4.90 Å². The first-order valence-electron chi connectivity index (χ1n) is 8.93. The molecule has 2 aromatic carbocycles. The molecule has 2 aliphatic carbocycles. The second kappa shape index (κ2) is 5.83. The van der Waals surface area contributed by atoms with Crippen molar-refractivity contribution in [2.45, 2.75) is 18.8 Å². The molecule has 3 fully saturated rings. The third-order valence-electron chi connectivity index (χ3n) is 6.35. The van der Waals surface area contributed by atoms with Crippen LogP contribution < -0.4 is 4.90 Å². The van der Waals surface area contributed by atoms with Gasteiger partial charge >= 0.3 is 0 Å². The monoisotopic (exact) mass is 385 g/mol. The number of imide groups is 1. The van der Waals surface area contributed by atoms with Gasteiger partial charge in [0.15, 0.2) is 0 Å². The second-order valence-electron chi connectivity index (χ2n) is 7.60. The molecule has 1 aliphatic heterocycles. The zero-order valence-corrected chi connectivity index (χ0v) is 15.5. The summed E-state index contributed by atoms with van der Waals surface area (Å²) >= 11 is 12.2. The number of hydrogen-bond donors (Lipinski definition) is 0. The largest absolute Gasteiger partial charge is 0.274 e. The summed E-state index contributed by atoms with van der Waals surface area (Å²) in [6.45, 7) is 0. The van der Waals surface area contributed by atoms with Crippen LogP contribution in [0.25, 0.3) is 0 Å². The second-order valence-corrected chi connectivity index (χ2v) is 8.48. The summed E-state index contributed by atoms with van der Waals surface area (Å²) in [5.74, 6) is 0.301. The van der Waals surface area contributed by atoms with Gasteiger partial charge in [0.1, 0.15) is 0 Å². The van der Waals surface area contributed by atoms with Crippen molar-refractivity contribution < 1.29 is 9.59 Å². The number of amides is 2. The van der Waals surface area contributed by atoms with Crippen molar-refractivity contribution in [3.8, 4) is 0 Å². The van der Waals surface area contributed by atoms with E-state index in [1.165, 1.54) is 10.5 Å². The van der Waals surface area contributed by atoms with E-state index in [0.29, 0.717) is 21.7 Å². The quantitative estimate of drug-likeness (QED) is 0.687. The minimum absolute atomic E-state index is 0.0858. The fourth-order valence-electron chi connectivity index (χ4n) is 5.47. The number of anilines is 1. The van der Waals surface area contributed by atoms with Crippen LogP contribution in [0.2, 0.25) is 10.0 Å². The van der Waals surface area contributed by atoms with E-state index in [-0.39, 0.29) is 35.5 Å². The zero-order chi connectivity index (χ0) is 18.0. The van der Waals surface area contributed by atoms with Crippen LogP contribution in [0.5, 0.6) is 0 Å². The smallest absolute Gasteiger partial charge is 0.237 e. The van der Waals surface area contributed by atoms with Crippen molar-refractivity contribution in [1.29, 1.82) is 0 Å². The third kappa shape index (κ3) is 2.27. The van der Waals surface area contributed by atoms with Crippen molar-refractivity contribution in [2.24, 2.45) is 23.7 Å². The van der Waals surface area contributed by atoms with E-state index in [0.717, 1.165) is 12.8 Å². The Morgan fingerprint density at radius 2 is 1.50 bits per heavy atom. The summed E-state index contributed by atoms with van der Waals surface area (Å²) in [6.07, 6.45) is 1.95. The van der Waals surface area contributed by atoms with Crippen LogP contribution in [0.1, 0.15) is 24.3 Å². The van der Waals surface area contributed by atoms with Crippen LogP contribution in [0.3, 0.4) is 0 Å². The minimum Gasteiger partial charge on any atom is -0.274 e. The molecule has 5 unspecified atom stereocenters. The van der Waals surface area contributed by atoms with Crippen molar-refractivity contribution >= 4 is 40.7 Å². The standard InChI is InChI=1S/C21H17Cl2NO2/c22-13-8-14(23)10-15(9-13)24-20(25)18-12-6-16(11-4-2-1-3-5-11)17(7-12)19(18)21(24)26/h1-5,8-10,12,16-19H,6-7H2. The van der Waals surface area contributed by atoms with Gasteiger partial charge in [-0.2, -0.15) is 0 Å². The number of nitrogens with zero attached hydrogens (tertiary/aromatic N) is 1. The molecule has 0 aromatic heterocycles. The average molecular weight is 386 g/mol. The van der Waals surface area contributed by atoms with Crippen LogP contribution in [-0.2, 0) is 9.59 Å². The molecule has 5 rings (SSSR count). The lowest BCUT2D eigenvalue weighted by Gasteiger charge is -2.28. The van der Waals surface area contributed by atoms with Crippen LogP contribution >= 0.6 is 23.2 Å². The molecule has 5 atom stereocenters. The number of halogens is 2. The lowest BCUT2D eigenvalue weighted by Crippen LogP contribution is -2.33. The van der Waals surface area contributed by atoms with Gasteiger partial charge in [0, 0.05) is 10.0 Å². The Balaban J connectivity index is 1.51. The summed E-state index contributed by atoms with van der Waals surface area (Å²) in [6, 6.07) is 15.2. The first-order valence-corrected chi connectivity index (χ1v) is 9.69. The average Bonchev–Trinajstić information content (AvgIpc) is 3.26. The fourth-order valence-corrected chi connectivity index (χ4v) is 5.98. The zero-order valence-electron chi connectivity index (χ0n) is 13.9. The first kappa shape index (κ1) is 16.3. The molecule has 0 radical (unpaired) electrons. The molecule has 1 saturated heterocycles. The Labute approximate surface area is 161 Å². The summed E-state index contributed by atoms with van der Waals surface area (Å²) in [5, 5.41) is 0.852. The van der Waals surface area contributed by atoms with Crippen LogP contribution in [-0.4, -0.2) is 11.8 Å². The number of benzene rings is 2. The molecule has 2 aromatic rings. The number of fused-ring (bicyclic) bond motifs is 5. The molecule has 2 saturated carbocycles. The van der Waals surface area contributed by atoms with Gasteiger partial charge < -0.3 is 0 Å². The van der Waals surface area contributed by atoms with E-state index in [2.05, 4.69) is 12.1 Å². The Bertz CT molecular complexity index is 893. The summed E-state index contributed by atoms with van der Waals surface area (Å²) in [7, 11) is 0. The van der Waals surface area contributed by atoms with Gasteiger partial charge in [-0.25, -0.2) is 4.90 Å². The number of hydrogen-bond acceptors (Lipinski definition) is 2. The highest BCUT2D eigenvalue weighted by atomic mass is 35.5. The molecule has 2 bridgehead atoms. The lowest BCUT2D eigenvalue weighted by molar-refractivity contribution is -0.123. The van der Waals surface area contributed by atoms with Crippen LogP contribution in [0, 0.1) is 23.7 Å². The molecule has 3 aliphatic rings. The van der Waals surface area contributed by atoms with E-state index >= 15 is 0 Å². The summed E-state index contributed by atoms with van der Waals surface area (Å²) < 4.78 is 0. The van der Waals surface area contributed by atoms with Gasteiger partial charge in [-0.15, -0.1) is 0 Å². The van der Waals surface area contributed by atoms with Gasteiger partial charge in [-0.1, -0.05) is 53.5 Å². The maximum absolute atomic E-state index is 13.2. The van der Waals surface area contributed by atoms with Gasteiger partial charge in [-0.05, 0) is 54.4 Å². The SMILES string of the molecule is O=C1C2C3CC(c4ccccc4)C(C3)C2C(=O)N1c1cc(Cl)cc(Cl)c1. The topological polar surface area (TPSA) is 37.4 Å². The van der Waals surface area contributed by atoms with Gasteiger partial charge in [0.05, 0.1) is 17.5 Å². The summed E-state index contributed by atoms with van der Waals surface area (Å²) in [5.41, 5.74) is 1.77. The molecule has 0 N–H and O–H groups in total. The maximum atomic E-state index is 13.2. The van der Waals surface area contributed by atoms with Crippen molar-refractivity contribution in [1.82, 2.24) is 0 Å². The van der Waals surface area contributed by atoms with E-state index in [9.17, 15) is 9.59 Å². The number of carbonyl (C=O) groups is 2.